The molecule has 0 N–H and O–H groups in total. The zero-order valence-electron chi connectivity index (χ0n) is 8.00. The third-order valence-corrected chi connectivity index (χ3v) is 1.46. The summed E-state index contributed by atoms with van der Waals surface area (Å²) < 4.78 is 25.0. The Morgan fingerprint density at radius 1 is 1.15 bits per heavy atom. The molecule has 0 nitrogen and oxygen atoms in total. The molecule has 0 heterocycles. The second-order valence-corrected chi connectivity index (χ2v) is 3.14. The van der Waals surface area contributed by atoms with Gasteiger partial charge in [-0.15, -0.1) is 0 Å². The van der Waals surface area contributed by atoms with Crippen molar-refractivity contribution in [1.82, 2.24) is 0 Å². The van der Waals surface area contributed by atoms with E-state index in [0.29, 0.717) is 0 Å². The fourth-order valence-corrected chi connectivity index (χ4v) is 0.806. The highest BCUT2D eigenvalue weighted by Crippen LogP contribution is 2.17. The van der Waals surface area contributed by atoms with Crippen LogP contribution in [-0.4, -0.2) is 0 Å². The Bertz CT molecular complexity index is 249. The summed E-state index contributed by atoms with van der Waals surface area (Å²) >= 11 is 5.34. The number of halogens is 3. The van der Waals surface area contributed by atoms with Crippen LogP contribution in [0.5, 0.6) is 0 Å². The third-order valence-electron chi connectivity index (χ3n) is 1.25. The summed E-state index contributed by atoms with van der Waals surface area (Å²) in [5, 5.41) is 0.0839. The first-order valence-corrected chi connectivity index (χ1v) is 4.51. The first-order valence-electron chi connectivity index (χ1n) is 4.14. The van der Waals surface area contributed by atoms with Crippen LogP contribution >= 0.6 is 11.6 Å². The Morgan fingerprint density at radius 3 is 1.77 bits per heavy atom. The molecular formula is C10H13ClF2. The van der Waals surface area contributed by atoms with Crippen LogP contribution in [0.2, 0.25) is 5.02 Å². The maximum Gasteiger partial charge on any atom is 0.130 e. The Morgan fingerprint density at radius 2 is 1.46 bits per heavy atom. The second kappa shape index (κ2) is 5.92. The molecule has 0 aliphatic carbocycles. The van der Waals surface area contributed by atoms with E-state index in [-0.39, 0.29) is 10.6 Å². The Labute approximate surface area is 82.5 Å². The highest BCUT2D eigenvalue weighted by atomic mass is 35.5. The van der Waals surface area contributed by atoms with Crippen molar-refractivity contribution in [2.24, 2.45) is 0 Å². The van der Waals surface area contributed by atoms with Gasteiger partial charge in [0.1, 0.15) is 11.6 Å². The third kappa shape index (κ3) is 4.23. The van der Waals surface area contributed by atoms with E-state index in [0.717, 1.165) is 12.1 Å². The lowest BCUT2D eigenvalue weighted by Gasteiger charge is -1.97. The number of hydrogen-bond acceptors (Lipinski definition) is 0. The first-order chi connectivity index (χ1) is 6.02. The molecule has 0 saturated carbocycles. The van der Waals surface area contributed by atoms with E-state index in [1.165, 1.54) is 13.3 Å². The van der Waals surface area contributed by atoms with Gasteiger partial charge < -0.3 is 0 Å². The van der Waals surface area contributed by atoms with Gasteiger partial charge in [-0.1, -0.05) is 31.9 Å². The van der Waals surface area contributed by atoms with E-state index < -0.39 is 11.6 Å². The molecule has 0 unspecified atom stereocenters. The molecule has 0 radical (unpaired) electrons. The maximum atomic E-state index is 12.5. The van der Waals surface area contributed by atoms with Crippen molar-refractivity contribution in [2.75, 3.05) is 0 Å². The number of benzene rings is 1. The summed E-state index contributed by atoms with van der Waals surface area (Å²) in [6, 6.07) is 2.17. The predicted molar refractivity (Wildman–Crippen MR) is 52.1 cm³/mol. The molecule has 0 amide bonds. The van der Waals surface area contributed by atoms with Crippen molar-refractivity contribution >= 4 is 11.6 Å². The van der Waals surface area contributed by atoms with E-state index in [9.17, 15) is 8.78 Å². The van der Waals surface area contributed by atoms with Crippen LogP contribution in [0.3, 0.4) is 0 Å². The molecule has 0 aromatic heterocycles. The van der Waals surface area contributed by atoms with Gasteiger partial charge in [0.25, 0.3) is 0 Å². The lowest BCUT2D eigenvalue weighted by molar-refractivity contribution is 0.568. The van der Waals surface area contributed by atoms with Gasteiger partial charge in [-0.3, -0.25) is 0 Å². The topological polar surface area (TPSA) is 0 Å². The predicted octanol–water partition coefficient (Wildman–Crippen LogP) is 4.34. The van der Waals surface area contributed by atoms with Crippen LogP contribution in [0.15, 0.2) is 12.1 Å². The van der Waals surface area contributed by atoms with Crippen molar-refractivity contribution in [1.29, 1.82) is 0 Å². The molecule has 3 heteroatoms. The van der Waals surface area contributed by atoms with Crippen molar-refractivity contribution in [3.8, 4) is 0 Å². The fraction of sp³-hybridized carbons (Fsp3) is 0.400. The molecule has 0 atom stereocenters. The molecule has 0 saturated heterocycles. The molecule has 1 aromatic rings. The Hall–Kier alpha value is -0.630. The summed E-state index contributed by atoms with van der Waals surface area (Å²) in [5.41, 5.74) is 0.00407. The smallest absolute Gasteiger partial charge is 0.130 e. The van der Waals surface area contributed by atoms with Crippen molar-refractivity contribution < 1.29 is 8.78 Å². The van der Waals surface area contributed by atoms with Gasteiger partial charge in [0, 0.05) is 10.6 Å². The van der Waals surface area contributed by atoms with Crippen molar-refractivity contribution in [3.63, 3.8) is 0 Å². The first kappa shape index (κ1) is 12.4. The second-order valence-electron chi connectivity index (χ2n) is 2.70. The standard InChI is InChI=1S/C7H5ClF2.C3H8/c1-4-6(9)2-5(8)3-7(4)10;1-3-2/h2-3H,1H3;3H2,1-2H3. The summed E-state index contributed by atoms with van der Waals surface area (Å²) in [7, 11) is 0. The zero-order chi connectivity index (χ0) is 10.4. The van der Waals surface area contributed by atoms with Gasteiger partial charge in [0.05, 0.1) is 0 Å². The highest BCUT2D eigenvalue weighted by molar-refractivity contribution is 6.30. The van der Waals surface area contributed by atoms with Gasteiger partial charge >= 0.3 is 0 Å². The van der Waals surface area contributed by atoms with E-state index in [1.807, 2.05) is 0 Å². The molecule has 0 fully saturated rings. The van der Waals surface area contributed by atoms with Crippen LogP contribution < -0.4 is 0 Å². The molecule has 0 spiro atoms. The van der Waals surface area contributed by atoms with Gasteiger partial charge in [-0.25, -0.2) is 8.78 Å². The SMILES string of the molecule is CCC.Cc1c(F)cc(Cl)cc1F. The number of hydrogen-bond donors (Lipinski definition) is 0. The lowest BCUT2D eigenvalue weighted by Crippen LogP contribution is -1.86. The Kier molecular flexibility index (Phi) is 5.63. The van der Waals surface area contributed by atoms with Crippen LogP contribution in [0.1, 0.15) is 25.8 Å². The van der Waals surface area contributed by atoms with E-state index in [1.54, 1.807) is 0 Å². The molecule has 1 aromatic carbocycles. The van der Waals surface area contributed by atoms with Crippen LogP contribution in [0.25, 0.3) is 0 Å². The van der Waals surface area contributed by atoms with E-state index in [4.69, 9.17) is 11.6 Å². The molecule has 0 aliphatic rings. The van der Waals surface area contributed by atoms with E-state index in [2.05, 4.69) is 13.8 Å². The minimum absolute atomic E-state index is 0.00407. The van der Waals surface area contributed by atoms with E-state index >= 15 is 0 Å². The molecule has 0 aliphatic heterocycles. The normalized spacial score (nSPS) is 9.08. The summed E-state index contributed by atoms with van der Waals surface area (Å²) in [4.78, 5) is 0. The zero-order valence-corrected chi connectivity index (χ0v) is 8.75. The summed E-state index contributed by atoms with van der Waals surface area (Å²) in [6.45, 7) is 5.61. The average molecular weight is 207 g/mol. The quantitative estimate of drug-likeness (QED) is 0.592. The summed E-state index contributed by atoms with van der Waals surface area (Å²) in [5.74, 6) is -1.21. The minimum atomic E-state index is -0.606. The maximum absolute atomic E-state index is 12.5. The van der Waals surface area contributed by atoms with Crippen LogP contribution in [-0.2, 0) is 0 Å². The molecule has 1 rings (SSSR count). The largest absolute Gasteiger partial charge is 0.207 e. The minimum Gasteiger partial charge on any atom is -0.207 e. The van der Waals surface area contributed by atoms with Gasteiger partial charge in [-0.05, 0) is 19.1 Å². The highest BCUT2D eigenvalue weighted by Gasteiger charge is 2.04. The van der Waals surface area contributed by atoms with Gasteiger partial charge in [-0.2, -0.15) is 0 Å². The van der Waals surface area contributed by atoms with Crippen LogP contribution in [0.4, 0.5) is 8.78 Å². The van der Waals surface area contributed by atoms with Crippen molar-refractivity contribution in [2.45, 2.75) is 27.2 Å². The molecule has 13 heavy (non-hydrogen) atoms. The molecule has 0 bridgehead atoms. The van der Waals surface area contributed by atoms with Gasteiger partial charge in [0.2, 0.25) is 0 Å². The Balaban J connectivity index is 0.000000424. The van der Waals surface area contributed by atoms with Gasteiger partial charge in [0.15, 0.2) is 0 Å². The monoisotopic (exact) mass is 206 g/mol. The lowest BCUT2D eigenvalue weighted by atomic mass is 10.2. The fourth-order valence-electron chi connectivity index (χ4n) is 0.614. The number of rotatable bonds is 0. The average Bonchev–Trinajstić information content (AvgIpc) is 2.01. The van der Waals surface area contributed by atoms with Crippen LogP contribution in [0, 0.1) is 18.6 Å². The molecular weight excluding hydrogens is 194 g/mol. The summed E-state index contributed by atoms with van der Waals surface area (Å²) in [6.07, 6.45) is 1.25. The molecule has 74 valence electrons. The van der Waals surface area contributed by atoms with Crippen molar-refractivity contribution in [3.05, 3.63) is 34.4 Å².